The third kappa shape index (κ3) is 3.60. The number of pyridine rings is 1. The Labute approximate surface area is 142 Å². The molecule has 2 aromatic rings. The highest BCUT2D eigenvalue weighted by molar-refractivity contribution is 5.25. The fourth-order valence-corrected chi connectivity index (χ4v) is 3.24. The third-order valence-corrected chi connectivity index (χ3v) is 4.73. The Morgan fingerprint density at radius 2 is 2.12 bits per heavy atom. The molecule has 1 aliphatic carbocycles. The van der Waals surface area contributed by atoms with Crippen LogP contribution in [-0.4, -0.2) is 46.0 Å². The van der Waals surface area contributed by atoms with Crippen LogP contribution < -0.4 is 4.74 Å². The molecule has 0 unspecified atom stereocenters. The van der Waals surface area contributed by atoms with Gasteiger partial charge in [-0.2, -0.15) is 5.10 Å². The zero-order chi connectivity index (χ0) is 16.4. The number of methoxy groups -OCH3 is 1. The number of hydrogen-bond acceptors (Lipinski definition) is 5. The highest BCUT2D eigenvalue weighted by Gasteiger charge is 2.27. The second kappa shape index (κ2) is 6.91. The lowest BCUT2D eigenvalue weighted by molar-refractivity contribution is 0.0121. The molecular formula is C18H24N4O2. The maximum absolute atomic E-state index is 6.19. The van der Waals surface area contributed by atoms with Gasteiger partial charge in [0.05, 0.1) is 25.5 Å². The van der Waals surface area contributed by atoms with Gasteiger partial charge in [0.2, 0.25) is 5.88 Å². The van der Waals surface area contributed by atoms with Gasteiger partial charge in [-0.3, -0.25) is 9.58 Å². The van der Waals surface area contributed by atoms with Crippen molar-refractivity contribution in [2.75, 3.05) is 20.3 Å². The zero-order valence-corrected chi connectivity index (χ0v) is 14.1. The molecule has 1 aliphatic heterocycles. The summed E-state index contributed by atoms with van der Waals surface area (Å²) in [6.45, 7) is 4.27. The molecule has 0 aromatic carbocycles. The molecule has 0 bridgehead atoms. The standard InChI is InChI=1S/C18H24N4O2/c1-23-18-15(3-2-7-19-18)9-21-10-16-6-8-20-22(16)12-17(11-21)24-13-14-4-5-14/h2-3,6-8,14,17H,4-5,9-13H2,1H3/t17-/m0/s1. The first kappa shape index (κ1) is 15.6. The molecule has 1 fully saturated rings. The quantitative estimate of drug-likeness (QED) is 0.813. The minimum absolute atomic E-state index is 0.175. The maximum atomic E-state index is 6.19. The summed E-state index contributed by atoms with van der Waals surface area (Å²) in [4.78, 5) is 6.71. The fraction of sp³-hybridized carbons (Fsp3) is 0.556. The lowest BCUT2D eigenvalue weighted by Gasteiger charge is -2.24. The number of rotatable bonds is 6. The Morgan fingerprint density at radius 3 is 2.96 bits per heavy atom. The fourth-order valence-electron chi connectivity index (χ4n) is 3.24. The molecule has 1 atom stereocenters. The second-order valence-corrected chi connectivity index (χ2v) is 6.74. The first-order chi connectivity index (χ1) is 11.8. The number of aromatic nitrogens is 3. The van der Waals surface area contributed by atoms with Gasteiger partial charge in [-0.1, -0.05) is 6.07 Å². The van der Waals surface area contributed by atoms with Crippen molar-refractivity contribution in [1.29, 1.82) is 0 Å². The van der Waals surface area contributed by atoms with Crippen LogP contribution in [0.2, 0.25) is 0 Å². The summed E-state index contributed by atoms with van der Waals surface area (Å²) in [7, 11) is 1.67. The lowest BCUT2D eigenvalue weighted by Crippen LogP contribution is -2.33. The topological polar surface area (TPSA) is 52.4 Å². The zero-order valence-electron chi connectivity index (χ0n) is 14.1. The van der Waals surface area contributed by atoms with Crippen molar-refractivity contribution in [1.82, 2.24) is 19.7 Å². The number of nitrogens with zero attached hydrogens (tertiary/aromatic N) is 4. The molecule has 0 spiro atoms. The number of ether oxygens (including phenoxy) is 2. The van der Waals surface area contributed by atoms with Gasteiger partial charge in [-0.25, -0.2) is 4.98 Å². The van der Waals surface area contributed by atoms with Crippen LogP contribution in [0.4, 0.5) is 0 Å². The largest absolute Gasteiger partial charge is 0.481 e. The second-order valence-electron chi connectivity index (χ2n) is 6.74. The average molecular weight is 328 g/mol. The Morgan fingerprint density at radius 1 is 1.21 bits per heavy atom. The van der Waals surface area contributed by atoms with Gasteiger partial charge < -0.3 is 9.47 Å². The third-order valence-electron chi connectivity index (χ3n) is 4.73. The van der Waals surface area contributed by atoms with Crippen LogP contribution in [0.5, 0.6) is 5.88 Å². The molecule has 6 heteroatoms. The van der Waals surface area contributed by atoms with E-state index in [1.165, 1.54) is 18.5 Å². The van der Waals surface area contributed by atoms with E-state index in [2.05, 4.69) is 31.8 Å². The average Bonchev–Trinajstić information content (AvgIpc) is 3.36. The van der Waals surface area contributed by atoms with Crippen LogP contribution in [0.15, 0.2) is 30.6 Å². The van der Waals surface area contributed by atoms with E-state index in [1.807, 2.05) is 12.3 Å². The van der Waals surface area contributed by atoms with Crippen molar-refractivity contribution in [2.45, 2.75) is 38.6 Å². The molecule has 0 N–H and O–H groups in total. The molecule has 2 aromatic heterocycles. The predicted octanol–water partition coefficient (Wildman–Crippen LogP) is 2.10. The summed E-state index contributed by atoms with van der Waals surface area (Å²) in [5.41, 5.74) is 2.34. The summed E-state index contributed by atoms with van der Waals surface area (Å²) >= 11 is 0. The van der Waals surface area contributed by atoms with Crippen LogP contribution in [0.25, 0.3) is 0 Å². The summed E-state index contributed by atoms with van der Waals surface area (Å²) in [6.07, 6.45) is 6.45. The molecule has 128 valence electrons. The molecule has 24 heavy (non-hydrogen) atoms. The highest BCUT2D eigenvalue weighted by atomic mass is 16.5. The van der Waals surface area contributed by atoms with Gasteiger partial charge >= 0.3 is 0 Å². The smallest absolute Gasteiger partial charge is 0.217 e. The molecule has 6 nitrogen and oxygen atoms in total. The maximum Gasteiger partial charge on any atom is 0.217 e. The molecule has 1 saturated carbocycles. The van der Waals surface area contributed by atoms with Crippen molar-refractivity contribution in [3.63, 3.8) is 0 Å². The molecule has 0 saturated heterocycles. The molecule has 2 aliphatic rings. The van der Waals surface area contributed by atoms with Crippen LogP contribution in [0.1, 0.15) is 24.1 Å². The number of hydrogen-bond donors (Lipinski definition) is 0. The van der Waals surface area contributed by atoms with Crippen molar-refractivity contribution in [3.05, 3.63) is 41.9 Å². The van der Waals surface area contributed by atoms with E-state index in [9.17, 15) is 0 Å². The van der Waals surface area contributed by atoms with Crippen LogP contribution in [-0.2, 0) is 24.4 Å². The van der Waals surface area contributed by atoms with Crippen LogP contribution in [0, 0.1) is 5.92 Å². The Kier molecular flexibility index (Phi) is 4.49. The summed E-state index contributed by atoms with van der Waals surface area (Å²) in [5.74, 6) is 1.47. The van der Waals surface area contributed by atoms with Crippen molar-refractivity contribution < 1.29 is 9.47 Å². The van der Waals surface area contributed by atoms with E-state index >= 15 is 0 Å². The van der Waals surface area contributed by atoms with E-state index in [-0.39, 0.29) is 6.10 Å². The van der Waals surface area contributed by atoms with Gasteiger partial charge in [-0.15, -0.1) is 0 Å². The van der Waals surface area contributed by atoms with E-state index in [0.29, 0.717) is 5.88 Å². The molecule has 3 heterocycles. The Bertz CT molecular complexity index is 683. The monoisotopic (exact) mass is 328 g/mol. The van der Waals surface area contributed by atoms with E-state index in [0.717, 1.165) is 44.3 Å². The van der Waals surface area contributed by atoms with Gasteiger partial charge in [-0.05, 0) is 30.9 Å². The first-order valence-corrected chi connectivity index (χ1v) is 8.64. The number of fused-ring (bicyclic) bond motifs is 1. The van der Waals surface area contributed by atoms with E-state index < -0.39 is 0 Å². The summed E-state index contributed by atoms with van der Waals surface area (Å²) in [5, 5.41) is 4.46. The normalized spacial score (nSPS) is 21.3. The lowest BCUT2D eigenvalue weighted by atomic mass is 10.2. The molecule has 0 amide bonds. The Hall–Kier alpha value is -1.92. The van der Waals surface area contributed by atoms with Gasteiger partial charge in [0.1, 0.15) is 0 Å². The molecular weight excluding hydrogens is 304 g/mol. The SMILES string of the molecule is COc1ncccc1CN1Cc2ccnn2C[C@@H](OCC2CC2)C1. The van der Waals surface area contributed by atoms with Gasteiger partial charge in [0, 0.05) is 44.2 Å². The van der Waals surface area contributed by atoms with Crippen molar-refractivity contribution >= 4 is 0 Å². The minimum atomic E-state index is 0.175. The predicted molar refractivity (Wildman–Crippen MR) is 89.6 cm³/mol. The first-order valence-electron chi connectivity index (χ1n) is 8.64. The minimum Gasteiger partial charge on any atom is -0.481 e. The van der Waals surface area contributed by atoms with E-state index in [4.69, 9.17) is 9.47 Å². The van der Waals surface area contributed by atoms with E-state index in [1.54, 1.807) is 13.3 Å². The van der Waals surface area contributed by atoms with Crippen molar-refractivity contribution in [3.8, 4) is 5.88 Å². The van der Waals surface area contributed by atoms with Crippen molar-refractivity contribution in [2.24, 2.45) is 5.92 Å². The summed E-state index contributed by atoms with van der Waals surface area (Å²) < 4.78 is 13.7. The van der Waals surface area contributed by atoms with Gasteiger partial charge in [0.15, 0.2) is 0 Å². The Balaban J connectivity index is 1.50. The molecule has 4 rings (SSSR count). The summed E-state index contributed by atoms with van der Waals surface area (Å²) in [6, 6.07) is 6.13. The van der Waals surface area contributed by atoms with Gasteiger partial charge in [0.25, 0.3) is 0 Å². The highest BCUT2D eigenvalue weighted by Crippen LogP contribution is 2.30. The van der Waals surface area contributed by atoms with Crippen LogP contribution in [0.3, 0.4) is 0 Å². The van der Waals surface area contributed by atoms with Crippen LogP contribution >= 0.6 is 0 Å². The molecule has 0 radical (unpaired) electrons.